The van der Waals surface area contributed by atoms with Gasteiger partial charge in [0.15, 0.2) is 0 Å². The summed E-state index contributed by atoms with van der Waals surface area (Å²) in [5.41, 5.74) is 0.0883. The van der Waals surface area contributed by atoms with Gasteiger partial charge in [0.1, 0.15) is 0 Å². The first-order valence-electron chi connectivity index (χ1n) is 5.92. The highest BCUT2D eigenvalue weighted by Gasteiger charge is 2.42. The van der Waals surface area contributed by atoms with E-state index >= 15 is 0 Å². The van der Waals surface area contributed by atoms with Gasteiger partial charge in [0, 0.05) is 11.1 Å². The van der Waals surface area contributed by atoms with Crippen LogP contribution in [0.2, 0.25) is 0 Å². The van der Waals surface area contributed by atoms with Crippen molar-refractivity contribution in [1.29, 1.82) is 0 Å². The fraction of sp³-hybridized carbons (Fsp3) is 1.00. The van der Waals surface area contributed by atoms with Gasteiger partial charge >= 0.3 is 0 Å². The van der Waals surface area contributed by atoms with Gasteiger partial charge in [-0.1, -0.05) is 27.7 Å². The van der Waals surface area contributed by atoms with Crippen LogP contribution in [-0.4, -0.2) is 23.3 Å². The molecule has 0 N–H and O–H groups in total. The summed E-state index contributed by atoms with van der Waals surface area (Å²) in [5.74, 6) is 1.10. The van der Waals surface area contributed by atoms with E-state index in [4.69, 9.17) is 4.84 Å². The standard InChI is InChI=1S/C13H29NO/c1-10(2)12(5,6)14(15-9)13(7,8)11(3)4/h10-11H,1-9H3. The molecule has 0 fully saturated rings. The van der Waals surface area contributed by atoms with Gasteiger partial charge in [0.05, 0.1) is 7.11 Å². The highest BCUT2D eigenvalue weighted by Crippen LogP contribution is 2.35. The first kappa shape index (κ1) is 14.9. The first-order valence-corrected chi connectivity index (χ1v) is 5.92. The zero-order valence-corrected chi connectivity index (χ0v) is 12.0. The van der Waals surface area contributed by atoms with Crippen molar-refractivity contribution in [3.05, 3.63) is 0 Å². The summed E-state index contributed by atoms with van der Waals surface area (Å²) < 4.78 is 0. The summed E-state index contributed by atoms with van der Waals surface area (Å²) in [4.78, 5) is 5.64. The van der Waals surface area contributed by atoms with Gasteiger partial charge in [0.2, 0.25) is 0 Å². The first-order chi connectivity index (χ1) is 6.58. The quantitative estimate of drug-likeness (QED) is 0.648. The van der Waals surface area contributed by atoms with E-state index in [-0.39, 0.29) is 11.1 Å². The van der Waals surface area contributed by atoms with Crippen LogP contribution in [0.4, 0.5) is 0 Å². The lowest BCUT2D eigenvalue weighted by molar-refractivity contribution is -0.267. The minimum Gasteiger partial charge on any atom is -0.301 e. The summed E-state index contributed by atoms with van der Waals surface area (Å²) in [7, 11) is 1.77. The molecule has 0 rings (SSSR count). The van der Waals surface area contributed by atoms with Crippen molar-refractivity contribution in [2.24, 2.45) is 11.8 Å². The molecule has 15 heavy (non-hydrogen) atoms. The fourth-order valence-electron chi connectivity index (χ4n) is 1.68. The van der Waals surface area contributed by atoms with Gasteiger partial charge in [-0.2, -0.15) is 5.06 Å². The summed E-state index contributed by atoms with van der Waals surface area (Å²) in [6.45, 7) is 17.9. The maximum Gasteiger partial charge on any atom is 0.0575 e. The molecule has 0 aromatic rings. The second-order valence-corrected chi connectivity index (χ2v) is 6.09. The Morgan fingerprint density at radius 2 is 1.07 bits per heavy atom. The van der Waals surface area contributed by atoms with E-state index in [9.17, 15) is 0 Å². The van der Waals surface area contributed by atoms with Crippen molar-refractivity contribution in [3.63, 3.8) is 0 Å². The van der Waals surface area contributed by atoms with Crippen molar-refractivity contribution in [2.45, 2.75) is 66.5 Å². The lowest BCUT2D eigenvalue weighted by Crippen LogP contribution is -2.59. The van der Waals surface area contributed by atoms with Crippen molar-refractivity contribution in [2.75, 3.05) is 7.11 Å². The zero-order valence-electron chi connectivity index (χ0n) is 12.0. The summed E-state index contributed by atoms with van der Waals surface area (Å²) >= 11 is 0. The molecule has 2 heteroatoms. The molecule has 2 nitrogen and oxygen atoms in total. The molecule has 0 heterocycles. The Bertz CT molecular complexity index is 175. The van der Waals surface area contributed by atoms with Crippen molar-refractivity contribution >= 4 is 0 Å². The monoisotopic (exact) mass is 215 g/mol. The van der Waals surface area contributed by atoms with E-state index < -0.39 is 0 Å². The Hall–Kier alpha value is -0.0800. The van der Waals surface area contributed by atoms with Crippen molar-refractivity contribution in [1.82, 2.24) is 5.06 Å². The van der Waals surface area contributed by atoms with Crippen LogP contribution in [0.25, 0.3) is 0 Å². The maximum atomic E-state index is 5.64. The SMILES string of the molecule is CON(C(C)(C)C(C)C)C(C)(C)C(C)C. The summed E-state index contributed by atoms with van der Waals surface area (Å²) in [6.07, 6.45) is 0. The van der Waals surface area contributed by atoms with Crippen LogP contribution in [0.5, 0.6) is 0 Å². The van der Waals surface area contributed by atoms with Gasteiger partial charge in [-0.05, 0) is 39.5 Å². The van der Waals surface area contributed by atoms with Crippen LogP contribution >= 0.6 is 0 Å². The average Bonchev–Trinajstić information content (AvgIpc) is 2.03. The largest absolute Gasteiger partial charge is 0.301 e. The number of nitrogens with zero attached hydrogens (tertiary/aromatic N) is 1. The fourth-order valence-corrected chi connectivity index (χ4v) is 1.68. The van der Waals surface area contributed by atoms with Crippen molar-refractivity contribution in [3.8, 4) is 0 Å². The van der Waals surface area contributed by atoms with Gasteiger partial charge in [-0.3, -0.25) is 0 Å². The van der Waals surface area contributed by atoms with E-state index in [2.05, 4.69) is 60.5 Å². The Morgan fingerprint density at radius 1 is 0.800 bits per heavy atom. The summed E-state index contributed by atoms with van der Waals surface area (Å²) in [5, 5.41) is 2.15. The van der Waals surface area contributed by atoms with Crippen LogP contribution in [0, 0.1) is 11.8 Å². The Balaban J connectivity index is 5.07. The molecule has 0 atom stereocenters. The normalized spacial score (nSPS) is 14.4. The number of hydrogen-bond acceptors (Lipinski definition) is 2. The lowest BCUT2D eigenvalue weighted by atomic mass is 9.82. The highest BCUT2D eigenvalue weighted by atomic mass is 16.7. The molecular formula is C13H29NO. The molecule has 0 unspecified atom stereocenters. The average molecular weight is 215 g/mol. The van der Waals surface area contributed by atoms with Crippen LogP contribution < -0.4 is 0 Å². The number of rotatable bonds is 5. The van der Waals surface area contributed by atoms with E-state index in [1.54, 1.807) is 7.11 Å². The van der Waals surface area contributed by atoms with E-state index in [1.165, 1.54) is 0 Å². The molecule has 92 valence electrons. The third kappa shape index (κ3) is 2.94. The number of hydrogen-bond donors (Lipinski definition) is 0. The smallest absolute Gasteiger partial charge is 0.0575 e. The Kier molecular flexibility index (Phi) is 4.81. The van der Waals surface area contributed by atoms with Gasteiger partial charge < -0.3 is 4.84 Å². The molecule has 0 bridgehead atoms. The molecule has 0 saturated carbocycles. The second kappa shape index (κ2) is 4.84. The van der Waals surface area contributed by atoms with Crippen LogP contribution in [-0.2, 0) is 4.84 Å². The van der Waals surface area contributed by atoms with E-state index in [1.807, 2.05) is 0 Å². The third-order valence-electron chi connectivity index (χ3n) is 4.06. The predicted octanol–water partition coefficient (Wildman–Crippen LogP) is 3.72. The Labute approximate surface area is 95.9 Å². The molecule has 0 aromatic carbocycles. The molecule has 0 amide bonds. The molecular weight excluding hydrogens is 186 g/mol. The Morgan fingerprint density at radius 3 is 1.20 bits per heavy atom. The predicted molar refractivity (Wildman–Crippen MR) is 66.7 cm³/mol. The number of hydroxylamine groups is 2. The van der Waals surface area contributed by atoms with Crippen molar-refractivity contribution < 1.29 is 4.84 Å². The molecule has 0 aliphatic rings. The molecule has 0 aromatic heterocycles. The van der Waals surface area contributed by atoms with Crippen LogP contribution in [0.1, 0.15) is 55.4 Å². The molecule has 0 aliphatic heterocycles. The molecule has 0 radical (unpaired) electrons. The lowest BCUT2D eigenvalue weighted by Gasteiger charge is -2.50. The highest BCUT2D eigenvalue weighted by molar-refractivity contribution is 4.91. The van der Waals surface area contributed by atoms with Gasteiger partial charge in [0.25, 0.3) is 0 Å². The van der Waals surface area contributed by atoms with Crippen LogP contribution in [0.3, 0.4) is 0 Å². The third-order valence-corrected chi connectivity index (χ3v) is 4.06. The molecule has 0 spiro atoms. The second-order valence-electron chi connectivity index (χ2n) is 6.09. The van der Waals surface area contributed by atoms with Crippen LogP contribution in [0.15, 0.2) is 0 Å². The maximum absolute atomic E-state index is 5.64. The zero-order chi connectivity index (χ0) is 12.4. The summed E-state index contributed by atoms with van der Waals surface area (Å²) in [6, 6.07) is 0. The molecule has 0 aliphatic carbocycles. The minimum atomic E-state index is 0.0442. The topological polar surface area (TPSA) is 12.5 Å². The molecule has 0 saturated heterocycles. The van der Waals surface area contributed by atoms with Gasteiger partial charge in [-0.25, -0.2) is 0 Å². The minimum absolute atomic E-state index is 0.0442. The van der Waals surface area contributed by atoms with E-state index in [0.717, 1.165) is 0 Å². The van der Waals surface area contributed by atoms with Gasteiger partial charge in [-0.15, -0.1) is 0 Å². The van der Waals surface area contributed by atoms with E-state index in [0.29, 0.717) is 11.8 Å².